The van der Waals surface area contributed by atoms with Gasteiger partial charge in [0, 0.05) is 6.42 Å². The summed E-state index contributed by atoms with van der Waals surface area (Å²) < 4.78 is 11.1. The lowest BCUT2D eigenvalue weighted by Gasteiger charge is -2.22. The maximum absolute atomic E-state index is 12.2. The summed E-state index contributed by atoms with van der Waals surface area (Å²) >= 11 is 0. The summed E-state index contributed by atoms with van der Waals surface area (Å²) in [6.45, 7) is 17.7. The Bertz CT molecular complexity index is 1080. The van der Waals surface area contributed by atoms with Gasteiger partial charge in [-0.05, 0) is 89.8 Å². The van der Waals surface area contributed by atoms with Gasteiger partial charge in [-0.1, -0.05) is 58.8 Å². The Balaban J connectivity index is 1.65. The molecule has 2 aromatic carbocycles. The normalized spacial score (nSPS) is 15.9. The van der Waals surface area contributed by atoms with Crippen LogP contribution in [0.5, 0.6) is 5.75 Å². The van der Waals surface area contributed by atoms with Crippen LogP contribution in [0.4, 0.5) is 0 Å². The fraction of sp³-hybridized carbons (Fsp3) is 0.484. The summed E-state index contributed by atoms with van der Waals surface area (Å²) in [6.07, 6.45) is 2.64. The minimum Gasteiger partial charge on any atom is -0.487 e. The van der Waals surface area contributed by atoms with Crippen molar-refractivity contribution in [2.75, 3.05) is 6.61 Å². The maximum atomic E-state index is 12.2. The zero-order valence-electron chi connectivity index (χ0n) is 23.1. The molecule has 0 aromatic heterocycles. The van der Waals surface area contributed by atoms with Crippen LogP contribution in [0, 0.1) is 0 Å². The van der Waals surface area contributed by atoms with Crippen molar-refractivity contribution < 1.29 is 19.1 Å². The molecule has 5 heteroatoms. The Labute approximate surface area is 216 Å². The van der Waals surface area contributed by atoms with Crippen LogP contribution in [0.25, 0.3) is 0 Å². The number of ether oxygens (including phenoxy) is 2. The number of ketones is 1. The SMILES string of the molecule is C/C(=N\OCc1c(C(C)C)cc(C(C)C)cc1C(C)C)c1ccc(OCC(=O)C2=CCC(C)O2)cc1. The number of oxime groups is 1. The maximum Gasteiger partial charge on any atom is 0.234 e. The number of hydrogen-bond acceptors (Lipinski definition) is 5. The standard InChI is InChI=1S/C31H41NO4/c1-19(2)25-15-27(20(3)4)29(28(16-25)21(5)6)17-35-32-23(8)24-10-12-26(13-11-24)34-18-30(33)31-14-9-22(7)36-31/h10-16,19-22H,9,17-18H2,1-8H3/b32-23+. The molecule has 0 fully saturated rings. The van der Waals surface area contributed by atoms with Crippen molar-refractivity contribution in [3.63, 3.8) is 0 Å². The summed E-state index contributed by atoms with van der Waals surface area (Å²) in [5.41, 5.74) is 7.01. The minimum absolute atomic E-state index is 0.0416. The van der Waals surface area contributed by atoms with Crippen molar-refractivity contribution in [2.24, 2.45) is 5.16 Å². The predicted molar refractivity (Wildman–Crippen MR) is 146 cm³/mol. The highest BCUT2D eigenvalue weighted by Gasteiger charge is 2.20. The van der Waals surface area contributed by atoms with Gasteiger partial charge in [-0.2, -0.15) is 0 Å². The van der Waals surface area contributed by atoms with Gasteiger partial charge in [-0.3, -0.25) is 4.79 Å². The van der Waals surface area contributed by atoms with Gasteiger partial charge in [0.25, 0.3) is 0 Å². The van der Waals surface area contributed by atoms with Crippen molar-refractivity contribution in [3.8, 4) is 5.75 Å². The zero-order valence-corrected chi connectivity index (χ0v) is 23.1. The third-order valence-electron chi connectivity index (χ3n) is 6.54. The van der Waals surface area contributed by atoms with Crippen LogP contribution in [-0.2, 0) is 21.0 Å². The summed E-state index contributed by atoms with van der Waals surface area (Å²) in [5, 5.41) is 4.41. The van der Waals surface area contributed by atoms with Gasteiger partial charge in [0.2, 0.25) is 5.78 Å². The van der Waals surface area contributed by atoms with Crippen molar-refractivity contribution in [3.05, 3.63) is 76.1 Å². The van der Waals surface area contributed by atoms with Gasteiger partial charge in [-0.15, -0.1) is 0 Å². The first-order valence-corrected chi connectivity index (χ1v) is 13.0. The monoisotopic (exact) mass is 491 g/mol. The second-order valence-electron chi connectivity index (χ2n) is 10.6. The number of benzene rings is 2. The Morgan fingerprint density at radius 2 is 1.61 bits per heavy atom. The lowest BCUT2D eigenvalue weighted by Crippen LogP contribution is -2.15. The summed E-state index contributed by atoms with van der Waals surface area (Å²) in [4.78, 5) is 18.1. The van der Waals surface area contributed by atoms with E-state index in [0.29, 0.717) is 35.9 Å². The topological polar surface area (TPSA) is 57.1 Å². The molecule has 0 amide bonds. The molecule has 3 rings (SSSR count). The van der Waals surface area contributed by atoms with Gasteiger partial charge in [0.15, 0.2) is 12.4 Å². The third kappa shape index (κ3) is 6.99. The predicted octanol–water partition coefficient (Wildman–Crippen LogP) is 7.64. The van der Waals surface area contributed by atoms with E-state index in [-0.39, 0.29) is 18.5 Å². The molecular weight excluding hydrogens is 450 g/mol. The second-order valence-corrected chi connectivity index (χ2v) is 10.6. The molecule has 2 aromatic rings. The fourth-order valence-corrected chi connectivity index (χ4v) is 4.30. The first kappa shape index (κ1) is 27.5. The van der Waals surface area contributed by atoms with E-state index in [1.807, 2.05) is 44.2 Å². The highest BCUT2D eigenvalue weighted by molar-refractivity contribution is 5.98. The van der Waals surface area contributed by atoms with Crippen LogP contribution in [0.2, 0.25) is 0 Å². The van der Waals surface area contributed by atoms with Crippen molar-refractivity contribution in [1.29, 1.82) is 0 Å². The van der Waals surface area contributed by atoms with E-state index in [4.69, 9.17) is 14.3 Å². The molecule has 1 aliphatic heterocycles. The second kappa shape index (κ2) is 12.2. The first-order valence-electron chi connectivity index (χ1n) is 13.0. The molecule has 0 saturated heterocycles. The molecule has 0 radical (unpaired) electrons. The minimum atomic E-state index is -0.141. The van der Waals surface area contributed by atoms with E-state index in [1.54, 1.807) is 0 Å². The van der Waals surface area contributed by atoms with Crippen molar-refractivity contribution in [2.45, 2.75) is 92.3 Å². The molecule has 0 spiro atoms. The van der Waals surface area contributed by atoms with Crippen molar-refractivity contribution >= 4 is 11.5 Å². The van der Waals surface area contributed by atoms with Gasteiger partial charge in [0.1, 0.15) is 12.4 Å². The van der Waals surface area contributed by atoms with E-state index in [1.165, 1.54) is 22.3 Å². The molecule has 1 aliphatic rings. The number of hydrogen-bond donors (Lipinski definition) is 0. The molecule has 36 heavy (non-hydrogen) atoms. The van der Waals surface area contributed by atoms with Crippen LogP contribution in [-0.4, -0.2) is 24.2 Å². The Morgan fingerprint density at radius 1 is 1.00 bits per heavy atom. The van der Waals surface area contributed by atoms with Crippen LogP contribution in [0.3, 0.4) is 0 Å². The van der Waals surface area contributed by atoms with Crippen LogP contribution in [0.1, 0.15) is 107 Å². The van der Waals surface area contributed by atoms with E-state index in [9.17, 15) is 4.79 Å². The first-order chi connectivity index (χ1) is 17.1. The molecular formula is C31H41NO4. The van der Waals surface area contributed by atoms with Crippen molar-refractivity contribution in [1.82, 2.24) is 0 Å². The molecule has 0 N–H and O–H groups in total. The molecule has 0 aliphatic carbocycles. The average Bonchev–Trinajstić information content (AvgIpc) is 3.28. The smallest absolute Gasteiger partial charge is 0.234 e. The lowest BCUT2D eigenvalue weighted by atomic mass is 9.85. The van der Waals surface area contributed by atoms with Crippen LogP contribution >= 0.6 is 0 Å². The number of carbonyl (C=O) groups is 1. The van der Waals surface area contributed by atoms with E-state index in [0.717, 1.165) is 17.7 Å². The number of Topliss-reactive ketones (excluding diaryl/α,β-unsaturated/α-hetero) is 1. The summed E-state index contributed by atoms with van der Waals surface area (Å²) in [5.74, 6) is 2.18. The molecule has 0 bridgehead atoms. The number of carbonyl (C=O) groups excluding carboxylic acids is 1. The third-order valence-corrected chi connectivity index (χ3v) is 6.54. The van der Waals surface area contributed by atoms with Crippen LogP contribution < -0.4 is 4.74 Å². The number of rotatable bonds is 11. The van der Waals surface area contributed by atoms with E-state index >= 15 is 0 Å². The van der Waals surface area contributed by atoms with Crippen LogP contribution in [0.15, 0.2) is 53.4 Å². The summed E-state index contributed by atoms with van der Waals surface area (Å²) in [7, 11) is 0. The lowest BCUT2D eigenvalue weighted by molar-refractivity contribution is -0.121. The molecule has 1 atom stereocenters. The average molecular weight is 492 g/mol. The van der Waals surface area contributed by atoms with Gasteiger partial charge in [0.05, 0.1) is 11.8 Å². The zero-order chi connectivity index (χ0) is 26.4. The largest absolute Gasteiger partial charge is 0.487 e. The fourth-order valence-electron chi connectivity index (χ4n) is 4.30. The molecule has 1 heterocycles. The molecule has 5 nitrogen and oxygen atoms in total. The quantitative estimate of drug-likeness (QED) is 0.239. The highest BCUT2D eigenvalue weighted by atomic mass is 16.6. The van der Waals surface area contributed by atoms with Gasteiger partial charge >= 0.3 is 0 Å². The van der Waals surface area contributed by atoms with Gasteiger partial charge in [-0.25, -0.2) is 0 Å². The Hall–Kier alpha value is -3.08. The van der Waals surface area contributed by atoms with Gasteiger partial charge < -0.3 is 14.3 Å². The Kier molecular flexibility index (Phi) is 9.36. The Morgan fingerprint density at radius 3 is 2.11 bits per heavy atom. The van der Waals surface area contributed by atoms with E-state index in [2.05, 4.69) is 58.8 Å². The number of nitrogens with zero attached hydrogens (tertiary/aromatic N) is 1. The highest BCUT2D eigenvalue weighted by Crippen LogP contribution is 2.32. The molecule has 194 valence electrons. The summed E-state index contributed by atoms with van der Waals surface area (Å²) in [6, 6.07) is 12.2. The molecule has 0 saturated carbocycles. The van der Waals surface area contributed by atoms with E-state index < -0.39 is 0 Å². The molecule has 1 unspecified atom stereocenters.